The van der Waals surface area contributed by atoms with Gasteiger partial charge in [0.25, 0.3) is 6.21 Å². The number of hydrogen-bond donors (Lipinski definition) is 3. The lowest BCUT2D eigenvalue weighted by Crippen LogP contribution is -2.36. The molecular formula is C22H24BrN5O5S. The zero-order chi connectivity index (χ0) is 24.1. The maximum Gasteiger partial charge on any atom is 0.337 e. The quantitative estimate of drug-likeness (QED) is 0.103. The molecule has 2 saturated heterocycles. The third kappa shape index (κ3) is 5.81. The van der Waals surface area contributed by atoms with Crippen LogP contribution in [0.2, 0.25) is 0 Å². The monoisotopic (exact) mass is 549 g/mol. The molecule has 180 valence electrons. The molecule has 3 unspecified atom stereocenters. The number of rotatable bonds is 10. The first-order valence-electron chi connectivity index (χ1n) is 11.0. The second-order valence-corrected chi connectivity index (χ2v) is 10.2. The van der Waals surface area contributed by atoms with Gasteiger partial charge in [0.2, 0.25) is 5.91 Å². The van der Waals surface area contributed by atoms with Crippen LogP contribution >= 0.6 is 27.7 Å². The number of hydrogen-bond acceptors (Lipinski definition) is 6. The third-order valence-electron chi connectivity index (χ3n) is 5.79. The summed E-state index contributed by atoms with van der Waals surface area (Å²) in [5.74, 6) is 1.36. The molecule has 0 spiro atoms. The molecule has 3 N–H and O–H groups in total. The number of nitrogens with zero attached hydrogens (tertiary/aromatic N) is 2. The van der Waals surface area contributed by atoms with Crippen molar-refractivity contribution in [3.8, 4) is 5.75 Å². The molecule has 3 amide bonds. The molecule has 3 atom stereocenters. The van der Waals surface area contributed by atoms with Crippen LogP contribution in [-0.2, 0) is 4.79 Å². The van der Waals surface area contributed by atoms with Crippen LogP contribution in [0.4, 0.5) is 4.79 Å². The summed E-state index contributed by atoms with van der Waals surface area (Å²) in [6, 6.07) is 4.86. The number of ether oxygens (including phenoxy) is 1. The first-order valence-corrected chi connectivity index (χ1v) is 12.8. The Kier molecular flexibility index (Phi) is 7.91. The van der Waals surface area contributed by atoms with E-state index in [1.807, 2.05) is 11.8 Å². The summed E-state index contributed by atoms with van der Waals surface area (Å²) >= 11 is 5.30. The lowest BCUT2D eigenvalue weighted by Gasteiger charge is -2.16. The summed E-state index contributed by atoms with van der Waals surface area (Å²) in [5.41, 5.74) is 8.94. The molecule has 4 rings (SSSR count). The van der Waals surface area contributed by atoms with Crippen molar-refractivity contribution in [2.75, 3.05) is 18.9 Å². The number of nitrogens with one attached hydrogen (secondary N) is 3. The molecule has 0 aliphatic carbocycles. The molecular weight excluding hydrogens is 526 g/mol. The second-order valence-electron chi connectivity index (χ2n) is 8.11. The van der Waals surface area contributed by atoms with E-state index in [4.69, 9.17) is 14.7 Å². The van der Waals surface area contributed by atoms with Crippen LogP contribution in [0, 0.1) is 0 Å². The molecule has 2 fully saturated rings. The van der Waals surface area contributed by atoms with Gasteiger partial charge in [-0.2, -0.15) is 16.6 Å². The molecule has 0 bridgehead atoms. The van der Waals surface area contributed by atoms with E-state index in [-0.39, 0.29) is 30.6 Å². The van der Waals surface area contributed by atoms with Gasteiger partial charge in [0.1, 0.15) is 17.9 Å². The van der Waals surface area contributed by atoms with E-state index in [1.165, 1.54) is 6.07 Å². The van der Waals surface area contributed by atoms with Crippen LogP contribution in [0.3, 0.4) is 0 Å². The van der Waals surface area contributed by atoms with Crippen molar-refractivity contribution < 1.29 is 23.5 Å². The van der Waals surface area contributed by atoms with E-state index in [9.17, 15) is 14.4 Å². The number of benzene rings is 1. The van der Waals surface area contributed by atoms with E-state index in [0.29, 0.717) is 45.0 Å². The highest BCUT2D eigenvalue weighted by Crippen LogP contribution is 2.33. The average molecular weight is 550 g/mol. The van der Waals surface area contributed by atoms with Crippen molar-refractivity contribution in [2.24, 2.45) is 0 Å². The van der Waals surface area contributed by atoms with Gasteiger partial charge < -0.3 is 30.6 Å². The van der Waals surface area contributed by atoms with Gasteiger partial charge >= 0.3 is 11.7 Å². The van der Waals surface area contributed by atoms with Crippen LogP contribution < -0.4 is 26.3 Å². The highest BCUT2D eigenvalue weighted by molar-refractivity contribution is 9.10. The fourth-order valence-electron chi connectivity index (χ4n) is 4.18. The molecule has 34 heavy (non-hydrogen) atoms. The molecule has 10 nitrogen and oxygen atoms in total. The second kappa shape index (κ2) is 11.1. The van der Waals surface area contributed by atoms with Crippen molar-refractivity contribution >= 4 is 56.8 Å². The summed E-state index contributed by atoms with van der Waals surface area (Å²) in [6.45, 7) is 0.580. The summed E-state index contributed by atoms with van der Waals surface area (Å²) in [7, 11) is 0. The van der Waals surface area contributed by atoms with E-state index in [1.54, 1.807) is 12.1 Å². The highest BCUT2D eigenvalue weighted by atomic mass is 79.9. The third-order valence-corrected chi connectivity index (χ3v) is 7.92. The lowest BCUT2D eigenvalue weighted by atomic mass is 10.0. The Morgan fingerprint density at radius 3 is 3.00 bits per heavy atom. The summed E-state index contributed by atoms with van der Waals surface area (Å²) in [6.07, 6.45) is 4.29. The Morgan fingerprint density at radius 2 is 2.18 bits per heavy atom. The van der Waals surface area contributed by atoms with E-state index in [0.717, 1.165) is 31.2 Å². The SMILES string of the molecule is [N-]=[N+]=Cc1cc(=O)oc2cc(OCCNC(=O)CCCCC3SCC4NC(=O)NC43)c(Br)cc12. The molecule has 0 saturated carbocycles. The largest absolute Gasteiger partial charge is 0.490 e. The van der Waals surface area contributed by atoms with E-state index < -0.39 is 5.63 Å². The lowest BCUT2D eigenvalue weighted by molar-refractivity contribution is -0.121. The van der Waals surface area contributed by atoms with Crippen molar-refractivity contribution in [2.45, 2.75) is 43.0 Å². The molecule has 2 aliphatic heterocycles. The average Bonchev–Trinajstić information content (AvgIpc) is 3.34. The van der Waals surface area contributed by atoms with Crippen molar-refractivity contribution in [3.05, 3.63) is 44.2 Å². The Morgan fingerprint density at radius 1 is 1.32 bits per heavy atom. The summed E-state index contributed by atoms with van der Waals surface area (Å²) in [5, 5.41) is 9.75. The minimum absolute atomic E-state index is 0.0344. The maximum absolute atomic E-state index is 12.1. The molecule has 0 radical (unpaired) electrons. The predicted molar refractivity (Wildman–Crippen MR) is 131 cm³/mol. The minimum atomic E-state index is -0.570. The van der Waals surface area contributed by atoms with Crippen LogP contribution in [0.15, 0.2) is 31.9 Å². The van der Waals surface area contributed by atoms with Crippen LogP contribution in [-0.4, -0.2) is 59.2 Å². The minimum Gasteiger partial charge on any atom is -0.490 e. The zero-order valence-corrected chi connectivity index (χ0v) is 20.6. The molecule has 2 aliphatic rings. The number of halogens is 1. The number of amides is 3. The standard InChI is InChI=1S/C22H24BrN5O5S/c23-14-8-13-12(10-26-24)7-20(30)33-16(13)9-17(14)32-6-5-25-19(29)4-2-1-3-18-21-15(11-34-18)27-22(31)28-21/h7-10,15,18,21H,1-6,11H2,(H,25,29)(H2,27,28,31). The van der Waals surface area contributed by atoms with Gasteiger partial charge in [-0.15, -0.1) is 0 Å². The van der Waals surface area contributed by atoms with Crippen molar-refractivity contribution in [1.82, 2.24) is 16.0 Å². The smallest absolute Gasteiger partial charge is 0.337 e. The molecule has 1 aromatic heterocycles. The van der Waals surface area contributed by atoms with Gasteiger partial charge in [-0.05, 0) is 34.8 Å². The van der Waals surface area contributed by atoms with Crippen LogP contribution in [0.5, 0.6) is 5.75 Å². The number of carbonyl (C=O) groups excluding carboxylic acids is 2. The van der Waals surface area contributed by atoms with Crippen molar-refractivity contribution in [3.63, 3.8) is 0 Å². The van der Waals surface area contributed by atoms with Gasteiger partial charge in [-0.1, -0.05) is 6.42 Å². The van der Waals surface area contributed by atoms with Gasteiger partial charge in [0.05, 0.1) is 28.7 Å². The van der Waals surface area contributed by atoms with Crippen LogP contribution in [0.25, 0.3) is 16.5 Å². The Balaban J connectivity index is 1.18. The fourth-order valence-corrected chi connectivity index (χ4v) is 6.18. The van der Waals surface area contributed by atoms with E-state index in [2.05, 4.69) is 36.7 Å². The summed E-state index contributed by atoms with van der Waals surface area (Å²) in [4.78, 5) is 38.3. The topological polar surface area (TPSA) is 146 Å². The molecule has 12 heteroatoms. The number of carbonyl (C=O) groups is 2. The molecule has 3 heterocycles. The molecule has 2 aromatic rings. The zero-order valence-electron chi connectivity index (χ0n) is 18.2. The number of thioether (sulfide) groups is 1. The first-order chi connectivity index (χ1) is 16.4. The number of fused-ring (bicyclic) bond motifs is 2. The van der Waals surface area contributed by atoms with Gasteiger partial charge in [0, 0.05) is 34.9 Å². The predicted octanol–water partition coefficient (Wildman–Crippen LogP) is 2.43. The maximum atomic E-state index is 12.1. The Bertz CT molecular complexity index is 1200. The van der Waals surface area contributed by atoms with E-state index >= 15 is 0 Å². The van der Waals surface area contributed by atoms with Gasteiger partial charge in [-0.3, -0.25) is 4.79 Å². The number of urea groups is 1. The number of unbranched alkanes of at least 4 members (excludes halogenated alkanes) is 1. The molecule has 1 aromatic carbocycles. The Hall–Kier alpha value is -2.82. The van der Waals surface area contributed by atoms with Gasteiger partial charge in [0.15, 0.2) is 0 Å². The first kappa shape index (κ1) is 24.3. The fraction of sp³-hybridized carbons (Fsp3) is 0.455. The Labute approximate surface area is 207 Å². The highest BCUT2D eigenvalue weighted by Gasteiger charge is 2.42. The van der Waals surface area contributed by atoms with Gasteiger partial charge in [-0.25, -0.2) is 9.59 Å². The van der Waals surface area contributed by atoms with Crippen LogP contribution in [0.1, 0.15) is 31.2 Å². The summed E-state index contributed by atoms with van der Waals surface area (Å²) < 4.78 is 11.6. The van der Waals surface area contributed by atoms with Crippen molar-refractivity contribution in [1.29, 1.82) is 0 Å². The normalized spacial score (nSPS) is 20.9.